The maximum atomic E-state index is 9.40. The predicted molar refractivity (Wildman–Crippen MR) is 52.8 cm³/mol. The Kier molecular flexibility index (Phi) is 6.22. The summed E-state index contributed by atoms with van der Waals surface area (Å²) in [5.41, 5.74) is 0. The van der Waals surface area contributed by atoms with E-state index < -0.39 is 24.4 Å². The van der Waals surface area contributed by atoms with Gasteiger partial charge in [-0.05, 0) is 6.92 Å². The molecular formula is C9H21NO4. The zero-order valence-electron chi connectivity index (χ0n) is 8.88. The molecule has 0 amide bonds. The van der Waals surface area contributed by atoms with Crippen molar-refractivity contribution >= 4 is 0 Å². The van der Waals surface area contributed by atoms with Crippen LogP contribution in [0.1, 0.15) is 20.8 Å². The Morgan fingerprint density at radius 2 is 1.43 bits per heavy atom. The van der Waals surface area contributed by atoms with Crippen LogP contribution in [0.25, 0.3) is 0 Å². The summed E-state index contributed by atoms with van der Waals surface area (Å²) in [6.07, 6.45) is -4.79. The molecule has 0 aromatic carbocycles. The molecule has 5 nitrogen and oxygen atoms in total. The summed E-state index contributed by atoms with van der Waals surface area (Å²) < 4.78 is 0. The quantitative estimate of drug-likeness (QED) is 0.363. The summed E-state index contributed by atoms with van der Waals surface area (Å²) >= 11 is 0. The van der Waals surface area contributed by atoms with Crippen LogP contribution in [0.4, 0.5) is 0 Å². The number of hydrogen-bond donors (Lipinski definition) is 5. The fraction of sp³-hybridized carbons (Fsp3) is 1.00. The van der Waals surface area contributed by atoms with Crippen LogP contribution in [-0.2, 0) is 0 Å². The molecule has 5 N–H and O–H groups in total. The van der Waals surface area contributed by atoms with E-state index in [1.165, 1.54) is 6.92 Å². The Hall–Kier alpha value is -0.200. The molecule has 0 aromatic heterocycles. The molecule has 0 saturated carbocycles. The Labute approximate surface area is 84.4 Å². The molecule has 0 aliphatic carbocycles. The van der Waals surface area contributed by atoms with Crippen molar-refractivity contribution in [3.05, 3.63) is 0 Å². The fourth-order valence-electron chi connectivity index (χ4n) is 0.990. The Morgan fingerprint density at radius 1 is 0.929 bits per heavy atom. The number of hydrogen-bond acceptors (Lipinski definition) is 5. The maximum Gasteiger partial charge on any atom is 0.109 e. The van der Waals surface area contributed by atoms with Gasteiger partial charge in [0.1, 0.15) is 12.2 Å². The van der Waals surface area contributed by atoms with E-state index in [1.807, 2.05) is 13.8 Å². The van der Waals surface area contributed by atoms with Gasteiger partial charge in [0.25, 0.3) is 0 Å². The van der Waals surface area contributed by atoms with Crippen molar-refractivity contribution in [2.45, 2.75) is 51.2 Å². The van der Waals surface area contributed by atoms with Gasteiger partial charge in [-0.25, -0.2) is 0 Å². The monoisotopic (exact) mass is 207 g/mol. The van der Waals surface area contributed by atoms with Gasteiger partial charge >= 0.3 is 0 Å². The predicted octanol–water partition coefficient (Wildman–Crippen LogP) is -1.55. The second kappa shape index (κ2) is 6.31. The van der Waals surface area contributed by atoms with Crippen LogP contribution in [0.2, 0.25) is 0 Å². The van der Waals surface area contributed by atoms with E-state index in [-0.39, 0.29) is 12.6 Å². The van der Waals surface area contributed by atoms with E-state index in [0.29, 0.717) is 0 Å². The lowest BCUT2D eigenvalue weighted by atomic mass is 10.0. The van der Waals surface area contributed by atoms with Crippen LogP contribution in [0.5, 0.6) is 0 Å². The summed E-state index contributed by atoms with van der Waals surface area (Å²) in [5.74, 6) is 0. The molecule has 0 aliphatic heterocycles. The molecule has 0 radical (unpaired) electrons. The van der Waals surface area contributed by atoms with Crippen LogP contribution in [0.15, 0.2) is 0 Å². The van der Waals surface area contributed by atoms with Gasteiger partial charge in [0.15, 0.2) is 0 Å². The van der Waals surface area contributed by atoms with Gasteiger partial charge < -0.3 is 25.7 Å². The van der Waals surface area contributed by atoms with Crippen molar-refractivity contribution in [2.75, 3.05) is 6.54 Å². The molecule has 0 saturated heterocycles. The third-order valence-corrected chi connectivity index (χ3v) is 1.97. The number of aliphatic hydroxyl groups is 4. The smallest absolute Gasteiger partial charge is 0.109 e. The zero-order chi connectivity index (χ0) is 11.3. The standard InChI is InChI=1S/C9H21NO4/c1-5(2)10-4-7(12)9(14)8(13)6(3)11/h5-14H,4H2,1-3H3. The highest BCUT2D eigenvalue weighted by Gasteiger charge is 2.27. The number of rotatable bonds is 6. The summed E-state index contributed by atoms with van der Waals surface area (Å²) in [6.45, 7) is 5.35. The Bertz CT molecular complexity index is 152. The summed E-state index contributed by atoms with van der Waals surface area (Å²) in [4.78, 5) is 0. The molecule has 0 spiro atoms. The molecular weight excluding hydrogens is 186 g/mol. The van der Waals surface area contributed by atoms with Crippen molar-refractivity contribution in [3.63, 3.8) is 0 Å². The van der Waals surface area contributed by atoms with Crippen LogP contribution in [0.3, 0.4) is 0 Å². The van der Waals surface area contributed by atoms with Crippen molar-refractivity contribution in [3.8, 4) is 0 Å². The minimum atomic E-state index is -1.33. The van der Waals surface area contributed by atoms with Gasteiger partial charge in [0.05, 0.1) is 12.2 Å². The van der Waals surface area contributed by atoms with E-state index >= 15 is 0 Å². The largest absolute Gasteiger partial charge is 0.391 e. The molecule has 86 valence electrons. The molecule has 5 heteroatoms. The molecule has 4 unspecified atom stereocenters. The topological polar surface area (TPSA) is 93.0 Å². The third-order valence-electron chi connectivity index (χ3n) is 1.97. The van der Waals surface area contributed by atoms with Crippen LogP contribution < -0.4 is 5.32 Å². The Morgan fingerprint density at radius 3 is 1.79 bits per heavy atom. The van der Waals surface area contributed by atoms with Crippen LogP contribution in [-0.4, -0.2) is 57.4 Å². The first-order valence-electron chi connectivity index (χ1n) is 4.82. The van der Waals surface area contributed by atoms with E-state index in [0.717, 1.165) is 0 Å². The van der Waals surface area contributed by atoms with Gasteiger partial charge in [0.2, 0.25) is 0 Å². The van der Waals surface area contributed by atoms with Gasteiger partial charge in [-0.2, -0.15) is 0 Å². The van der Waals surface area contributed by atoms with Gasteiger partial charge in [-0.3, -0.25) is 0 Å². The zero-order valence-corrected chi connectivity index (χ0v) is 8.88. The first-order valence-corrected chi connectivity index (χ1v) is 4.82. The average Bonchev–Trinajstić information content (AvgIpc) is 2.11. The van der Waals surface area contributed by atoms with Gasteiger partial charge in [0, 0.05) is 12.6 Å². The van der Waals surface area contributed by atoms with E-state index in [9.17, 15) is 15.3 Å². The Balaban J connectivity index is 3.92. The van der Waals surface area contributed by atoms with Crippen molar-refractivity contribution < 1.29 is 20.4 Å². The molecule has 0 fully saturated rings. The lowest BCUT2D eigenvalue weighted by Crippen LogP contribution is -2.48. The lowest BCUT2D eigenvalue weighted by molar-refractivity contribution is -0.0989. The van der Waals surface area contributed by atoms with Gasteiger partial charge in [-0.15, -0.1) is 0 Å². The minimum Gasteiger partial charge on any atom is -0.391 e. The lowest BCUT2D eigenvalue weighted by Gasteiger charge is -2.25. The highest BCUT2D eigenvalue weighted by molar-refractivity contribution is 4.80. The summed E-state index contributed by atoms with van der Waals surface area (Å²) in [7, 11) is 0. The van der Waals surface area contributed by atoms with Crippen molar-refractivity contribution in [2.24, 2.45) is 0 Å². The maximum absolute atomic E-state index is 9.40. The molecule has 0 rings (SSSR count). The fourth-order valence-corrected chi connectivity index (χ4v) is 0.990. The summed E-state index contributed by atoms with van der Waals surface area (Å²) in [6, 6.07) is 0.195. The molecule has 0 aliphatic rings. The normalized spacial score (nSPS) is 20.6. The third kappa shape index (κ3) is 4.88. The minimum absolute atomic E-state index is 0.183. The second-order valence-electron chi connectivity index (χ2n) is 3.85. The number of aliphatic hydroxyl groups excluding tert-OH is 4. The SMILES string of the molecule is CC(C)NCC(O)C(O)C(O)C(C)O. The molecule has 4 atom stereocenters. The van der Waals surface area contributed by atoms with Crippen LogP contribution >= 0.6 is 0 Å². The first-order chi connectivity index (χ1) is 6.36. The van der Waals surface area contributed by atoms with E-state index in [2.05, 4.69) is 5.32 Å². The van der Waals surface area contributed by atoms with Crippen LogP contribution in [0, 0.1) is 0 Å². The summed E-state index contributed by atoms with van der Waals surface area (Å²) in [5, 5.41) is 39.9. The molecule has 0 bridgehead atoms. The van der Waals surface area contributed by atoms with Crippen molar-refractivity contribution in [1.29, 1.82) is 0 Å². The molecule has 0 heterocycles. The van der Waals surface area contributed by atoms with E-state index in [4.69, 9.17) is 5.11 Å². The molecule has 0 aromatic rings. The molecule has 14 heavy (non-hydrogen) atoms. The number of nitrogens with one attached hydrogen (secondary N) is 1. The second-order valence-corrected chi connectivity index (χ2v) is 3.85. The van der Waals surface area contributed by atoms with Crippen molar-refractivity contribution in [1.82, 2.24) is 5.32 Å². The average molecular weight is 207 g/mol. The van der Waals surface area contributed by atoms with Gasteiger partial charge in [-0.1, -0.05) is 13.8 Å². The highest BCUT2D eigenvalue weighted by atomic mass is 16.4. The highest BCUT2D eigenvalue weighted by Crippen LogP contribution is 2.04. The van der Waals surface area contributed by atoms with E-state index in [1.54, 1.807) is 0 Å². The first kappa shape index (κ1) is 13.8.